The van der Waals surface area contributed by atoms with E-state index < -0.39 is 0 Å². The molecule has 2 aromatic heterocycles. The first-order chi connectivity index (χ1) is 13.3. The molecule has 4 aromatic rings. The summed E-state index contributed by atoms with van der Waals surface area (Å²) in [6, 6.07) is 20.0. The van der Waals surface area contributed by atoms with Crippen LogP contribution in [0.2, 0.25) is 0 Å². The summed E-state index contributed by atoms with van der Waals surface area (Å²) in [6.07, 6.45) is 5.42. The van der Waals surface area contributed by atoms with E-state index in [1.54, 1.807) is 12.4 Å². The van der Waals surface area contributed by atoms with Crippen molar-refractivity contribution in [1.29, 1.82) is 0 Å². The van der Waals surface area contributed by atoms with E-state index in [1.165, 1.54) is 0 Å². The lowest BCUT2D eigenvalue weighted by Crippen LogP contribution is -2.34. The van der Waals surface area contributed by atoms with Gasteiger partial charge in [-0.15, -0.1) is 6.58 Å². The SMILES string of the molecule is C=CCN(C(=S)Nc1cc2cccnc2c2cccnc12)c1ccccc1. The number of fused-ring (bicyclic) bond motifs is 3. The highest BCUT2D eigenvalue weighted by Gasteiger charge is 2.14. The van der Waals surface area contributed by atoms with E-state index in [1.807, 2.05) is 71.6 Å². The van der Waals surface area contributed by atoms with Crippen LogP contribution in [0.1, 0.15) is 0 Å². The molecule has 0 unspecified atom stereocenters. The van der Waals surface area contributed by atoms with Gasteiger partial charge in [0.15, 0.2) is 5.11 Å². The predicted molar refractivity (Wildman–Crippen MR) is 117 cm³/mol. The number of benzene rings is 2. The number of pyridine rings is 2. The largest absolute Gasteiger partial charge is 0.330 e. The van der Waals surface area contributed by atoms with Crippen LogP contribution in [-0.2, 0) is 0 Å². The third-order valence-corrected chi connectivity index (χ3v) is 4.65. The predicted octanol–water partition coefficient (Wildman–Crippen LogP) is 5.17. The van der Waals surface area contributed by atoms with Crippen molar-refractivity contribution in [2.45, 2.75) is 0 Å². The molecule has 5 heteroatoms. The molecule has 0 amide bonds. The van der Waals surface area contributed by atoms with Gasteiger partial charge in [-0.2, -0.15) is 0 Å². The van der Waals surface area contributed by atoms with Gasteiger partial charge in [0.05, 0.1) is 16.7 Å². The number of nitrogens with one attached hydrogen (secondary N) is 1. The van der Waals surface area contributed by atoms with Crippen molar-refractivity contribution < 1.29 is 0 Å². The van der Waals surface area contributed by atoms with Crippen LogP contribution in [-0.4, -0.2) is 21.6 Å². The Morgan fingerprint density at radius 2 is 1.74 bits per heavy atom. The number of rotatable bonds is 4. The van der Waals surface area contributed by atoms with Crippen molar-refractivity contribution >= 4 is 50.5 Å². The molecule has 4 rings (SSSR count). The smallest absolute Gasteiger partial charge is 0.178 e. The summed E-state index contributed by atoms with van der Waals surface area (Å²) in [6.45, 7) is 4.46. The van der Waals surface area contributed by atoms with Crippen LogP contribution < -0.4 is 10.2 Å². The molecule has 0 aliphatic rings. The highest BCUT2D eigenvalue weighted by atomic mass is 32.1. The Morgan fingerprint density at radius 3 is 2.52 bits per heavy atom. The minimum Gasteiger partial charge on any atom is -0.330 e. The summed E-state index contributed by atoms with van der Waals surface area (Å²) in [5.41, 5.74) is 3.65. The number of nitrogens with zero attached hydrogens (tertiary/aromatic N) is 3. The second-order valence-electron chi connectivity index (χ2n) is 6.06. The summed E-state index contributed by atoms with van der Waals surface area (Å²) in [7, 11) is 0. The third kappa shape index (κ3) is 3.37. The lowest BCUT2D eigenvalue weighted by atomic mass is 10.1. The molecule has 2 aromatic carbocycles. The molecular formula is C22H18N4S. The van der Waals surface area contributed by atoms with Gasteiger partial charge >= 0.3 is 0 Å². The average molecular weight is 370 g/mol. The zero-order chi connectivity index (χ0) is 18.6. The monoisotopic (exact) mass is 370 g/mol. The van der Waals surface area contributed by atoms with E-state index in [9.17, 15) is 0 Å². The minimum atomic E-state index is 0.594. The lowest BCUT2D eigenvalue weighted by Gasteiger charge is -2.25. The van der Waals surface area contributed by atoms with Crippen molar-refractivity contribution in [2.75, 3.05) is 16.8 Å². The Hall–Kier alpha value is -3.31. The first-order valence-corrected chi connectivity index (χ1v) is 9.05. The molecule has 2 heterocycles. The average Bonchev–Trinajstić information content (AvgIpc) is 2.72. The quantitative estimate of drug-likeness (QED) is 0.305. The van der Waals surface area contributed by atoms with Crippen LogP contribution in [0.25, 0.3) is 21.8 Å². The maximum atomic E-state index is 5.71. The highest BCUT2D eigenvalue weighted by Crippen LogP contribution is 2.29. The van der Waals surface area contributed by atoms with Gasteiger partial charge in [0.2, 0.25) is 0 Å². The summed E-state index contributed by atoms with van der Waals surface area (Å²) >= 11 is 5.71. The molecule has 0 aliphatic carbocycles. The number of para-hydroxylation sites is 1. The van der Waals surface area contributed by atoms with Gasteiger partial charge in [-0.1, -0.05) is 30.3 Å². The van der Waals surface area contributed by atoms with E-state index in [-0.39, 0.29) is 0 Å². The Balaban J connectivity index is 1.77. The fourth-order valence-electron chi connectivity index (χ4n) is 3.11. The van der Waals surface area contributed by atoms with Crippen LogP contribution >= 0.6 is 12.2 Å². The summed E-state index contributed by atoms with van der Waals surface area (Å²) < 4.78 is 0. The normalized spacial score (nSPS) is 10.7. The molecule has 4 nitrogen and oxygen atoms in total. The molecule has 0 radical (unpaired) electrons. The van der Waals surface area contributed by atoms with Crippen molar-refractivity contribution in [3.05, 3.63) is 85.7 Å². The molecule has 0 saturated carbocycles. The van der Waals surface area contributed by atoms with Gasteiger partial charge in [-0.05, 0) is 48.6 Å². The summed E-state index contributed by atoms with van der Waals surface area (Å²) in [5.74, 6) is 0. The van der Waals surface area contributed by atoms with E-state index in [0.29, 0.717) is 11.7 Å². The van der Waals surface area contributed by atoms with Crippen molar-refractivity contribution in [2.24, 2.45) is 0 Å². The zero-order valence-electron chi connectivity index (χ0n) is 14.7. The molecule has 0 spiro atoms. The Kier molecular flexibility index (Phi) is 4.77. The van der Waals surface area contributed by atoms with Gasteiger partial charge in [-0.25, -0.2) is 0 Å². The summed E-state index contributed by atoms with van der Waals surface area (Å²) in [5, 5.41) is 6.01. The third-order valence-electron chi connectivity index (χ3n) is 4.32. The molecule has 27 heavy (non-hydrogen) atoms. The lowest BCUT2D eigenvalue weighted by molar-refractivity contribution is 1.15. The number of thiocarbonyl (C=S) groups is 1. The number of aromatic nitrogens is 2. The minimum absolute atomic E-state index is 0.594. The van der Waals surface area contributed by atoms with Gasteiger partial charge in [0.1, 0.15) is 0 Å². The second kappa shape index (κ2) is 7.51. The number of hydrogen-bond donors (Lipinski definition) is 1. The molecule has 0 aliphatic heterocycles. The highest BCUT2D eigenvalue weighted by molar-refractivity contribution is 7.80. The first kappa shape index (κ1) is 17.1. The van der Waals surface area contributed by atoms with Crippen LogP contribution in [0.5, 0.6) is 0 Å². The van der Waals surface area contributed by atoms with Gasteiger partial charge in [0, 0.05) is 35.4 Å². The number of hydrogen-bond acceptors (Lipinski definition) is 3. The van der Waals surface area contributed by atoms with E-state index in [4.69, 9.17) is 12.2 Å². The van der Waals surface area contributed by atoms with Gasteiger partial charge in [0.25, 0.3) is 0 Å². The van der Waals surface area contributed by atoms with E-state index >= 15 is 0 Å². The van der Waals surface area contributed by atoms with Crippen molar-refractivity contribution in [1.82, 2.24) is 9.97 Å². The Bertz CT molecular complexity index is 1120. The molecule has 0 saturated heterocycles. The standard InChI is InChI=1S/C22H18N4S/c1-2-14-26(17-9-4-3-5-10-17)22(27)25-19-15-16-8-6-12-23-20(16)18-11-7-13-24-21(18)19/h2-13,15H,1,14H2,(H,25,27). The van der Waals surface area contributed by atoms with Crippen LogP contribution in [0.4, 0.5) is 11.4 Å². The van der Waals surface area contributed by atoms with E-state index in [0.717, 1.165) is 33.2 Å². The van der Waals surface area contributed by atoms with Gasteiger partial charge < -0.3 is 10.2 Å². The van der Waals surface area contributed by atoms with Crippen molar-refractivity contribution in [3.8, 4) is 0 Å². The molecule has 1 N–H and O–H groups in total. The van der Waals surface area contributed by atoms with Crippen LogP contribution in [0.3, 0.4) is 0 Å². The topological polar surface area (TPSA) is 41.0 Å². The van der Waals surface area contributed by atoms with Crippen LogP contribution in [0.15, 0.2) is 85.7 Å². The van der Waals surface area contributed by atoms with E-state index in [2.05, 4.69) is 21.9 Å². The zero-order valence-corrected chi connectivity index (χ0v) is 15.5. The summed E-state index contributed by atoms with van der Waals surface area (Å²) in [4.78, 5) is 11.1. The maximum Gasteiger partial charge on any atom is 0.178 e. The first-order valence-electron chi connectivity index (χ1n) is 8.65. The molecule has 0 bridgehead atoms. The number of anilines is 2. The Labute approximate surface area is 163 Å². The van der Waals surface area contributed by atoms with Crippen LogP contribution in [0, 0.1) is 0 Å². The van der Waals surface area contributed by atoms with Gasteiger partial charge in [-0.3, -0.25) is 9.97 Å². The molecular weight excluding hydrogens is 352 g/mol. The Morgan fingerprint density at radius 1 is 1.00 bits per heavy atom. The molecule has 132 valence electrons. The molecule has 0 atom stereocenters. The fourth-order valence-corrected chi connectivity index (χ4v) is 3.40. The fraction of sp³-hybridized carbons (Fsp3) is 0.0455. The second-order valence-corrected chi connectivity index (χ2v) is 6.45. The van der Waals surface area contributed by atoms with Crippen molar-refractivity contribution in [3.63, 3.8) is 0 Å². The maximum absolute atomic E-state index is 5.71. The molecule has 0 fully saturated rings.